The van der Waals surface area contributed by atoms with Crippen LogP contribution in [0, 0.1) is 0 Å². The number of morpholine rings is 1. The average molecular weight is 388 g/mol. The lowest BCUT2D eigenvalue weighted by Crippen LogP contribution is -2.40. The highest BCUT2D eigenvalue weighted by molar-refractivity contribution is 7.92. The molecule has 0 radical (unpaired) electrons. The Balaban J connectivity index is 1.72. The molecule has 2 aromatic carbocycles. The fourth-order valence-electron chi connectivity index (χ4n) is 2.88. The van der Waals surface area contributed by atoms with E-state index in [0.717, 1.165) is 5.56 Å². The summed E-state index contributed by atoms with van der Waals surface area (Å²) in [6.45, 7) is 6.31. The number of carbonyl (C=O) groups is 1. The van der Waals surface area contributed by atoms with Crippen molar-refractivity contribution in [3.05, 3.63) is 59.7 Å². The second-order valence-corrected chi connectivity index (χ2v) is 8.49. The maximum absolute atomic E-state index is 12.6. The number of carbonyl (C=O) groups excluding carboxylic acids is 1. The largest absolute Gasteiger partial charge is 0.378 e. The van der Waals surface area contributed by atoms with Crippen LogP contribution in [0.5, 0.6) is 0 Å². The van der Waals surface area contributed by atoms with Crippen LogP contribution in [0.4, 0.5) is 5.69 Å². The SMILES string of the molecule is CC(C)c1ccc(NS(=O)(=O)c2ccc(C(=O)N3CCOCC3)cc2)cc1. The van der Waals surface area contributed by atoms with Crippen molar-refractivity contribution in [2.24, 2.45) is 0 Å². The summed E-state index contributed by atoms with van der Waals surface area (Å²) in [5, 5.41) is 0. The lowest BCUT2D eigenvalue weighted by Gasteiger charge is -2.26. The average Bonchev–Trinajstić information content (AvgIpc) is 2.68. The number of nitrogens with zero attached hydrogens (tertiary/aromatic N) is 1. The molecule has 1 N–H and O–H groups in total. The van der Waals surface area contributed by atoms with Crippen LogP contribution in [0.3, 0.4) is 0 Å². The highest BCUT2D eigenvalue weighted by atomic mass is 32.2. The lowest BCUT2D eigenvalue weighted by atomic mass is 10.0. The number of hydrogen-bond acceptors (Lipinski definition) is 4. The number of rotatable bonds is 5. The first-order chi connectivity index (χ1) is 12.9. The van der Waals surface area contributed by atoms with Crippen LogP contribution in [-0.4, -0.2) is 45.5 Å². The molecule has 1 saturated heterocycles. The first-order valence-electron chi connectivity index (χ1n) is 8.97. The van der Waals surface area contributed by atoms with Gasteiger partial charge >= 0.3 is 0 Å². The van der Waals surface area contributed by atoms with Crippen molar-refractivity contribution >= 4 is 21.6 Å². The van der Waals surface area contributed by atoms with E-state index in [4.69, 9.17) is 4.74 Å². The van der Waals surface area contributed by atoms with Gasteiger partial charge in [-0.15, -0.1) is 0 Å². The van der Waals surface area contributed by atoms with Gasteiger partial charge in [0.15, 0.2) is 0 Å². The molecule has 0 saturated carbocycles. The lowest BCUT2D eigenvalue weighted by molar-refractivity contribution is 0.0303. The van der Waals surface area contributed by atoms with E-state index in [-0.39, 0.29) is 10.8 Å². The van der Waals surface area contributed by atoms with Gasteiger partial charge in [0.25, 0.3) is 15.9 Å². The Kier molecular flexibility index (Phi) is 5.82. The second kappa shape index (κ2) is 8.10. The molecule has 1 heterocycles. The van der Waals surface area contributed by atoms with Gasteiger partial charge in [-0.25, -0.2) is 8.42 Å². The molecule has 0 atom stereocenters. The van der Waals surface area contributed by atoms with E-state index in [1.165, 1.54) is 12.1 Å². The number of ether oxygens (including phenoxy) is 1. The Labute approximate surface area is 160 Å². The summed E-state index contributed by atoms with van der Waals surface area (Å²) in [6, 6.07) is 13.3. The van der Waals surface area contributed by atoms with Crippen LogP contribution in [-0.2, 0) is 14.8 Å². The summed E-state index contributed by atoms with van der Waals surface area (Å²) < 4.78 is 33.0. The van der Waals surface area contributed by atoms with Gasteiger partial charge in [-0.2, -0.15) is 0 Å². The van der Waals surface area contributed by atoms with Gasteiger partial charge in [0.1, 0.15) is 0 Å². The molecular weight excluding hydrogens is 364 g/mol. The van der Waals surface area contributed by atoms with Crippen molar-refractivity contribution < 1.29 is 17.9 Å². The topological polar surface area (TPSA) is 75.7 Å². The van der Waals surface area contributed by atoms with Crippen molar-refractivity contribution in [1.82, 2.24) is 4.90 Å². The van der Waals surface area contributed by atoms with Gasteiger partial charge in [0.05, 0.1) is 18.1 Å². The van der Waals surface area contributed by atoms with Crippen molar-refractivity contribution in [1.29, 1.82) is 0 Å². The Morgan fingerprint density at radius 3 is 2.15 bits per heavy atom. The number of hydrogen-bond donors (Lipinski definition) is 1. The molecule has 1 amide bonds. The van der Waals surface area contributed by atoms with E-state index in [2.05, 4.69) is 18.6 Å². The summed E-state index contributed by atoms with van der Waals surface area (Å²) in [4.78, 5) is 14.3. The van der Waals surface area contributed by atoms with Crippen LogP contribution in [0.2, 0.25) is 0 Å². The standard InChI is InChI=1S/C20H24N2O4S/c1-15(2)16-3-7-18(8-4-16)21-27(24,25)19-9-5-17(6-10-19)20(23)22-11-13-26-14-12-22/h3-10,15,21H,11-14H2,1-2H3. The summed E-state index contributed by atoms with van der Waals surface area (Å²) in [5.74, 6) is 0.270. The molecular formula is C20H24N2O4S. The van der Waals surface area contributed by atoms with E-state index < -0.39 is 10.0 Å². The highest BCUT2D eigenvalue weighted by Gasteiger charge is 2.20. The maximum atomic E-state index is 12.6. The molecule has 1 aliphatic rings. The molecule has 1 fully saturated rings. The molecule has 144 valence electrons. The number of anilines is 1. The Hall–Kier alpha value is -2.38. The Morgan fingerprint density at radius 1 is 1.00 bits per heavy atom. The molecule has 1 aliphatic heterocycles. The summed E-state index contributed by atoms with van der Waals surface area (Å²) in [5.41, 5.74) is 2.12. The zero-order valence-electron chi connectivity index (χ0n) is 15.5. The monoisotopic (exact) mass is 388 g/mol. The maximum Gasteiger partial charge on any atom is 0.261 e. The van der Waals surface area contributed by atoms with E-state index >= 15 is 0 Å². The van der Waals surface area contributed by atoms with Gasteiger partial charge in [0.2, 0.25) is 0 Å². The Bertz CT molecular complexity index is 885. The normalized spacial score (nSPS) is 15.0. The number of nitrogens with one attached hydrogen (secondary N) is 1. The summed E-state index contributed by atoms with van der Waals surface area (Å²) >= 11 is 0. The third-order valence-electron chi connectivity index (χ3n) is 4.54. The molecule has 2 aromatic rings. The fraction of sp³-hybridized carbons (Fsp3) is 0.350. The first kappa shape index (κ1) is 19.4. The molecule has 6 nitrogen and oxygen atoms in total. The van der Waals surface area contributed by atoms with E-state index in [0.29, 0.717) is 43.5 Å². The molecule has 3 rings (SSSR count). The van der Waals surface area contributed by atoms with Gasteiger partial charge < -0.3 is 9.64 Å². The van der Waals surface area contributed by atoms with Crippen molar-refractivity contribution in [2.75, 3.05) is 31.0 Å². The minimum absolute atomic E-state index is 0.112. The first-order valence-corrected chi connectivity index (χ1v) is 10.4. The summed E-state index contributed by atoms with van der Waals surface area (Å²) in [7, 11) is -3.71. The van der Waals surface area contributed by atoms with Crippen molar-refractivity contribution in [3.63, 3.8) is 0 Å². The molecule has 0 unspecified atom stereocenters. The van der Waals surface area contributed by atoms with Gasteiger partial charge in [-0.05, 0) is 47.9 Å². The third-order valence-corrected chi connectivity index (χ3v) is 5.94. The van der Waals surface area contributed by atoms with Gasteiger partial charge in [0, 0.05) is 24.3 Å². The molecule has 27 heavy (non-hydrogen) atoms. The molecule has 0 bridgehead atoms. The zero-order chi connectivity index (χ0) is 19.4. The van der Waals surface area contributed by atoms with Gasteiger partial charge in [-0.3, -0.25) is 9.52 Å². The Morgan fingerprint density at radius 2 is 1.59 bits per heavy atom. The van der Waals surface area contributed by atoms with Crippen LogP contribution in [0.15, 0.2) is 53.4 Å². The van der Waals surface area contributed by atoms with Crippen molar-refractivity contribution in [2.45, 2.75) is 24.7 Å². The van der Waals surface area contributed by atoms with Gasteiger partial charge in [-0.1, -0.05) is 26.0 Å². The third kappa shape index (κ3) is 4.67. The predicted octanol–water partition coefficient (Wildman–Crippen LogP) is 3.08. The van der Waals surface area contributed by atoms with E-state index in [1.54, 1.807) is 29.2 Å². The zero-order valence-corrected chi connectivity index (χ0v) is 16.3. The second-order valence-electron chi connectivity index (χ2n) is 6.81. The minimum Gasteiger partial charge on any atom is -0.378 e. The number of sulfonamides is 1. The summed E-state index contributed by atoms with van der Waals surface area (Å²) in [6.07, 6.45) is 0. The number of amides is 1. The smallest absolute Gasteiger partial charge is 0.261 e. The molecule has 0 spiro atoms. The van der Waals surface area contributed by atoms with E-state index in [1.807, 2.05) is 12.1 Å². The van der Waals surface area contributed by atoms with Crippen LogP contribution < -0.4 is 4.72 Å². The number of benzene rings is 2. The predicted molar refractivity (Wildman–Crippen MR) is 105 cm³/mol. The van der Waals surface area contributed by atoms with Crippen LogP contribution >= 0.6 is 0 Å². The molecule has 7 heteroatoms. The fourth-order valence-corrected chi connectivity index (χ4v) is 3.93. The minimum atomic E-state index is -3.71. The quantitative estimate of drug-likeness (QED) is 0.854. The van der Waals surface area contributed by atoms with Crippen LogP contribution in [0.25, 0.3) is 0 Å². The molecule has 0 aromatic heterocycles. The van der Waals surface area contributed by atoms with Crippen LogP contribution in [0.1, 0.15) is 35.7 Å². The van der Waals surface area contributed by atoms with Crippen molar-refractivity contribution in [3.8, 4) is 0 Å². The highest BCUT2D eigenvalue weighted by Crippen LogP contribution is 2.20. The van der Waals surface area contributed by atoms with E-state index in [9.17, 15) is 13.2 Å². The molecule has 0 aliphatic carbocycles.